The summed E-state index contributed by atoms with van der Waals surface area (Å²) in [6.45, 7) is 2.92. The van der Waals surface area contributed by atoms with Crippen LogP contribution in [0, 0.1) is 17.1 Å². The number of carbonyl (C=O) groups is 2. The summed E-state index contributed by atoms with van der Waals surface area (Å²) in [5.41, 5.74) is 0.780. The Bertz CT molecular complexity index is 963. The average Bonchev–Trinajstić information content (AvgIpc) is 3.01. The second kappa shape index (κ2) is 7.17. The highest BCUT2D eigenvalue weighted by molar-refractivity contribution is 6.03. The molecule has 1 aliphatic rings. The predicted molar refractivity (Wildman–Crippen MR) is 93.6 cm³/mol. The molecule has 9 heteroatoms. The highest BCUT2D eigenvalue weighted by Crippen LogP contribution is 2.23. The Labute approximate surface area is 155 Å². The third kappa shape index (κ3) is 3.39. The van der Waals surface area contributed by atoms with Crippen LogP contribution < -0.4 is 5.32 Å². The van der Waals surface area contributed by atoms with Crippen LogP contribution in [0.3, 0.4) is 0 Å². The number of amides is 1. The number of nitrogens with zero attached hydrogens (tertiary/aromatic N) is 4. The molecule has 0 fully saturated rings. The lowest BCUT2D eigenvalue weighted by molar-refractivity contribution is 0.0589. The maximum absolute atomic E-state index is 13.5. The molecule has 1 aliphatic heterocycles. The molecule has 1 N–H and O–H groups in total. The number of ether oxygens (including phenoxy) is 1. The summed E-state index contributed by atoms with van der Waals surface area (Å²) in [6, 6.07) is 5.56. The topological polar surface area (TPSA) is 100 Å². The summed E-state index contributed by atoms with van der Waals surface area (Å²) in [7, 11) is 3.18. The number of benzene rings is 1. The summed E-state index contributed by atoms with van der Waals surface area (Å²) in [4.78, 5) is 31.1. The second-order valence-electron chi connectivity index (χ2n) is 6.36. The van der Waals surface area contributed by atoms with Gasteiger partial charge in [-0.25, -0.2) is 14.2 Å². The molecule has 1 aromatic heterocycles. The maximum atomic E-state index is 13.5. The average molecular weight is 371 g/mol. The Morgan fingerprint density at radius 2 is 2.19 bits per heavy atom. The molecule has 3 rings (SSSR count). The fraction of sp³-hybridized carbons (Fsp3) is 0.333. The normalized spacial score (nSPS) is 16.3. The molecular weight excluding hydrogens is 353 g/mol. The number of nitrogens with one attached hydrogen (secondary N) is 1. The van der Waals surface area contributed by atoms with E-state index in [0.29, 0.717) is 18.8 Å². The highest BCUT2D eigenvalue weighted by atomic mass is 19.1. The van der Waals surface area contributed by atoms with Gasteiger partial charge in [0.1, 0.15) is 11.9 Å². The fourth-order valence-electron chi connectivity index (χ4n) is 2.95. The Balaban J connectivity index is 1.98. The van der Waals surface area contributed by atoms with Gasteiger partial charge in [0, 0.05) is 24.8 Å². The molecule has 1 amide bonds. The monoisotopic (exact) mass is 371 g/mol. The number of hydrogen-bond donors (Lipinski definition) is 1. The Morgan fingerprint density at radius 3 is 2.85 bits per heavy atom. The molecular formula is C18H18FN5O3. The zero-order valence-corrected chi connectivity index (χ0v) is 15.1. The van der Waals surface area contributed by atoms with Crippen LogP contribution in [0.15, 0.2) is 18.2 Å². The number of imidazole rings is 1. The third-order valence-electron chi connectivity index (χ3n) is 4.60. The zero-order valence-electron chi connectivity index (χ0n) is 15.1. The molecule has 0 saturated heterocycles. The van der Waals surface area contributed by atoms with E-state index < -0.39 is 17.7 Å². The molecule has 0 unspecified atom stereocenters. The van der Waals surface area contributed by atoms with E-state index in [-0.39, 0.29) is 28.8 Å². The molecule has 1 aromatic carbocycles. The lowest BCUT2D eigenvalue weighted by Crippen LogP contribution is -2.39. The summed E-state index contributed by atoms with van der Waals surface area (Å²) in [5, 5.41) is 11.5. The summed E-state index contributed by atoms with van der Waals surface area (Å²) in [6.07, 6.45) is 0. The van der Waals surface area contributed by atoms with E-state index in [0.717, 1.165) is 6.07 Å². The zero-order chi connectivity index (χ0) is 19.7. The first-order valence-electron chi connectivity index (χ1n) is 8.24. The molecule has 0 radical (unpaired) electrons. The van der Waals surface area contributed by atoms with E-state index in [1.807, 2.05) is 18.9 Å². The van der Waals surface area contributed by atoms with Gasteiger partial charge in [0.2, 0.25) is 0 Å². The van der Waals surface area contributed by atoms with Gasteiger partial charge in [-0.15, -0.1) is 0 Å². The van der Waals surface area contributed by atoms with E-state index in [9.17, 15) is 14.0 Å². The van der Waals surface area contributed by atoms with Gasteiger partial charge in [0.05, 0.1) is 18.4 Å². The van der Waals surface area contributed by atoms with Gasteiger partial charge in [-0.2, -0.15) is 5.26 Å². The number of hydrogen-bond acceptors (Lipinski definition) is 6. The van der Waals surface area contributed by atoms with E-state index in [4.69, 9.17) is 10.00 Å². The van der Waals surface area contributed by atoms with Crippen LogP contribution in [-0.2, 0) is 17.8 Å². The minimum Gasteiger partial charge on any atom is -0.464 e. The molecule has 140 valence electrons. The molecule has 2 aromatic rings. The number of carbonyl (C=O) groups excluding carboxylic acids is 2. The first-order valence-corrected chi connectivity index (χ1v) is 8.24. The van der Waals surface area contributed by atoms with Gasteiger partial charge in [-0.05, 0) is 32.2 Å². The van der Waals surface area contributed by atoms with Crippen LogP contribution in [0.25, 0.3) is 0 Å². The first-order chi connectivity index (χ1) is 12.8. The van der Waals surface area contributed by atoms with E-state index in [2.05, 4.69) is 10.3 Å². The quantitative estimate of drug-likeness (QED) is 0.826. The van der Waals surface area contributed by atoms with Gasteiger partial charge < -0.3 is 14.6 Å². The minimum atomic E-state index is -0.668. The van der Waals surface area contributed by atoms with Crippen LogP contribution in [0.1, 0.15) is 39.3 Å². The van der Waals surface area contributed by atoms with Gasteiger partial charge in [-0.3, -0.25) is 9.69 Å². The number of esters is 1. The van der Waals surface area contributed by atoms with Crippen molar-refractivity contribution in [1.82, 2.24) is 14.5 Å². The summed E-state index contributed by atoms with van der Waals surface area (Å²) < 4.78 is 19.9. The Hall–Kier alpha value is -3.25. The van der Waals surface area contributed by atoms with Crippen LogP contribution in [0.4, 0.5) is 10.1 Å². The molecule has 0 spiro atoms. The number of halogens is 1. The van der Waals surface area contributed by atoms with Crippen molar-refractivity contribution in [3.8, 4) is 6.07 Å². The van der Waals surface area contributed by atoms with Gasteiger partial charge in [0.15, 0.2) is 11.5 Å². The number of anilines is 1. The predicted octanol–water partition coefficient (Wildman–Crippen LogP) is 1.77. The van der Waals surface area contributed by atoms with Crippen molar-refractivity contribution >= 4 is 17.6 Å². The number of methoxy groups -OCH3 is 1. The maximum Gasteiger partial charge on any atom is 0.358 e. The molecule has 2 heterocycles. The van der Waals surface area contributed by atoms with Crippen molar-refractivity contribution in [2.24, 2.45) is 0 Å². The van der Waals surface area contributed by atoms with Crippen LogP contribution in [-0.4, -0.2) is 46.5 Å². The van der Waals surface area contributed by atoms with Crippen molar-refractivity contribution in [2.45, 2.75) is 26.1 Å². The Morgan fingerprint density at radius 1 is 1.44 bits per heavy atom. The molecule has 0 aliphatic carbocycles. The van der Waals surface area contributed by atoms with Crippen molar-refractivity contribution < 1.29 is 18.7 Å². The highest BCUT2D eigenvalue weighted by Gasteiger charge is 2.32. The van der Waals surface area contributed by atoms with Crippen molar-refractivity contribution in [2.75, 3.05) is 19.5 Å². The molecule has 27 heavy (non-hydrogen) atoms. The lowest BCUT2D eigenvalue weighted by Gasteiger charge is -2.31. The van der Waals surface area contributed by atoms with Crippen LogP contribution in [0.2, 0.25) is 0 Å². The standard InChI is InChI=1S/C18H18FN5O3/c1-10-8-24-14(9-23(10)2)15(18(26)27-3)22-16(24)17(25)21-12-4-5-13(19)11(6-12)7-20/h4-6,10H,8-9H2,1-3H3,(H,21,25)/t10-/m0/s1. The van der Waals surface area contributed by atoms with Crippen molar-refractivity contribution in [3.05, 3.63) is 46.8 Å². The fourth-order valence-corrected chi connectivity index (χ4v) is 2.95. The molecule has 8 nitrogen and oxygen atoms in total. The van der Waals surface area contributed by atoms with Crippen LogP contribution in [0.5, 0.6) is 0 Å². The van der Waals surface area contributed by atoms with E-state index in [1.165, 1.54) is 19.2 Å². The summed E-state index contributed by atoms with van der Waals surface area (Å²) >= 11 is 0. The number of fused-ring (bicyclic) bond motifs is 1. The van der Waals surface area contributed by atoms with E-state index in [1.54, 1.807) is 10.6 Å². The second-order valence-corrected chi connectivity index (χ2v) is 6.36. The summed E-state index contributed by atoms with van der Waals surface area (Å²) in [5.74, 6) is -1.78. The number of aromatic nitrogens is 2. The van der Waals surface area contributed by atoms with Gasteiger partial charge in [-0.1, -0.05) is 0 Å². The largest absolute Gasteiger partial charge is 0.464 e. The Kier molecular flexibility index (Phi) is 4.92. The molecule has 0 bridgehead atoms. The number of likely N-dealkylation sites (N-methyl/N-ethyl adjacent to an activating group) is 1. The SMILES string of the molecule is COC(=O)c1nc(C(=O)Nc2ccc(F)c(C#N)c2)n2c1CN(C)[C@@H](C)C2. The van der Waals surface area contributed by atoms with Crippen molar-refractivity contribution in [3.63, 3.8) is 0 Å². The van der Waals surface area contributed by atoms with Gasteiger partial charge in [0.25, 0.3) is 5.91 Å². The molecule has 1 atom stereocenters. The lowest BCUT2D eigenvalue weighted by atomic mass is 10.2. The van der Waals surface area contributed by atoms with E-state index >= 15 is 0 Å². The number of rotatable bonds is 3. The minimum absolute atomic E-state index is 0.0631. The number of nitriles is 1. The van der Waals surface area contributed by atoms with Crippen molar-refractivity contribution in [1.29, 1.82) is 5.26 Å². The first kappa shape index (κ1) is 18.5. The van der Waals surface area contributed by atoms with Crippen LogP contribution >= 0.6 is 0 Å². The molecule has 0 saturated carbocycles. The smallest absolute Gasteiger partial charge is 0.358 e. The third-order valence-corrected chi connectivity index (χ3v) is 4.60. The van der Waals surface area contributed by atoms with Gasteiger partial charge >= 0.3 is 5.97 Å².